The smallest absolute Gasteiger partial charge is 0.0700 e. The first-order chi connectivity index (χ1) is 6.27. The average molecular weight is 191 g/mol. The van der Waals surface area contributed by atoms with Gasteiger partial charge in [-0.05, 0) is 13.3 Å². The second-order valence-electron chi connectivity index (χ2n) is 3.01. The molecule has 0 bridgehead atoms. The molecule has 0 saturated carbocycles. The summed E-state index contributed by atoms with van der Waals surface area (Å²) < 4.78 is 15.3. The molecule has 2 N–H and O–H groups in total. The molecular weight excluding hydrogens is 170 g/mol. The van der Waals surface area contributed by atoms with Gasteiger partial charge in [0.15, 0.2) is 0 Å². The van der Waals surface area contributed by atoms with Gasteiger partial charge in [0.1, 0.15) is 0 Å². The van der Waals surface area contributed by atoms with Gasteiger partial charge in [-0.3, -0.25) is 0 Å². The molecule has 4 nitrogen and oxygen atoms in total. The monoisotopic (exact) mass is 191 g/mol. The Morgan fingerprint density at radius 1 is 1.08 bits per heavy atom. The van der Waals surface area contributed by atoms with Crippen molar-refractivity contribution in [1.29, 1.82) is 0 Å². The maximum Gasteiger partial charge on any atom is 0.0700 e. The Morgan fingerprint density at radius 2 is 1.77 bits per heavy atom. The molecule has 0 heterocycles. The predicted octanol–water partition coefficient (Wildman–Crippen LogP) is 0.403. The average Bonchev–Trinajstić information content (AvgIpc) is 2.09. The summed E-state index contributed by atoms with van der Waals surface area (Å²) in [5, 5.41) is 0. The zero-order valence-corrected chi connectivity index (χ0v) is 8.62. The minimum atomic E-state index is 0.120. The van der Waals surface area contributed by atoms with Crippen LogP contribution in [0.4, 0.5) is 0 Å². The molecule has 0 aliphatic carbocycles. The first kappa shape index (κ1) is 12.8. The van der Waals surface area contributed by atoms with Crippen LogP contribution in [-0.2, 0) is 14.2 Å². The molecule has 13 heavy (non-hydrogen) atoms. The molecule has 0 rings (SSSR count). The molecule has 0 aliphatic rings. The van der Waals surface area contributed by atoms with Crippen molar-refractivity contribution < 1.29 is 14.2 Å². The lowest BCUT2D eigenvalue weighted by Crippen LogP contribution is -2.22. The number of hydrogen-bond donors (Lipinski definition) is 1. The van der Waals surface area contributed by atoms with Crippen LogP contribution in [0.2, 0.25) is 0 Å². The Balaban J connectivity index is 2.84. The molecule has 1 atom stereocenters. The van der Waals surface area contributed by atoms with Crippen molar-refractivity contribution in [3.63, 3.8) is 0 Å². The Kier molecular flexibility index (Phi) is 9.80. The molecule has 0 aliphatic heterocycles. The van der Waals surface area contributed by atoms with Crippen LogP contribution in [0, 0.1) is 0 Å². The van der Waals surface area contributed by atoms with E-state index < -0.39 is 0 Å². The van der Waals surface area contributed by atoms with Gasteiger partial charge in [0.05, 0.1) is 19.8 Å². The molecule has 0 radical (unpaired) electrons. The molecule has 0 aromatic carbocycles. The number of rotatable bonds is 9. The first-order valence-electron chi connectivity index (χ1n) is 4.67. The van der Waals surface area contributed by atoms with Crippen LogP contribution in [0.3, 0.4) is 0 Å². The lowest BCUT2D eigenvalue weighted by Gasteiger charge is -2.07. The van der Waals surface area contributed by atoms with Crippen LogP contribution in [0.1, 0.15) is 13.3 Å². The summed E-state index contributed by atoms with van der Waals surface area (Å²) in [6.45, 7) is 5.30. The Labute approximate surface area is 80.3 Å². The van der Waals surface area contributed by atoms with E-state index in [4.69, 9.17) is 19.9 Å². The second kappa shape index (κ2) is 9.92. The third-order valence-electron chi connectivity index (χ3n) is 1.39. The van der Waals surface area contributed by atoms with Crippen molar-refractivity contribution in [2.75, 3.05) is 40.1 Å². The van der Waals surface area contributed by atoms with E-state index in [9.17, 15) is 0 Å². The fraction of sp³-hybridized carbons (Fsp3) is 1.00. The summed E-state index contributed by atoms with van der Waals surface area (Å²) in [6, 6.07) is 0.120. The number of hydrogen-bond acceptors (Lipinski definition) is 4. The van der Waals surface area contributed by atoms with E-state index in [1.54, 1.807) is 7.11 Å². The molecule has 0 amide bonds. The van der Waals surface area contributed by atoms with Gasteiger partial charge in [-0.2, -0.15) is 0 Å². The van der Waals surface area contributed by atoms with Crippen molar-refractivity contribution in [2.45, 2.75) is 19.4 Å². The van der Waals surface area contributed by atoms with E-state index >= 15 is 0 Å². The second-order valence-corrected chi connectivity index (χ2v) is 3.01. The fourth-order valence-electron chi connectivity index (χ4n) is 0.777. The zero-order valence-electron chi connectivity index (χ0n) is 8.62. The molecule has 4 heteroatoms. The third-order valence-corrected chi connectivity index (χ3v) is 1.39. The van der Waals surface area contributed by atoms with Crippen LogP contribution in [0.5, 0.6) is 0 Å². The highest BCUT2D eigenvalue weighted by Gasteiger charge is 1.93. The Hall–Kier alpha value is -0.160. The topological polar surface area (TPSA) is 53.7 Å². The highest BCUT2D eigenvalue weighted by molar-refractivity contribution is 4.48. The van der Waals surface area contributed by atoms with E-state index in [0.29, 0.717) is 26.4 Å². The van der Waals surface area contributed by atoms with Gasteiger partial charge in [-0.25, -0.2) is 0 Å². The SMILES string of the molecule is COCCOCCCOCC(C)N. The van der Waals surface area contributed by atoms with E-state index in [0.717, 1.165) is 13.0 Å². The Bertz CT molecular complexity index is 98.9. The van der Waals surface area contributed by atoms with Crippen molar-refractivity contribution in [2.24, 2.45) is 5.73 Å². The molecule has 0 saturated heterocycles. The third kappa shape index (κ3) is 11.8. The normalized spacial score (nSPS) is 13.2. The highest BCUT2D eigenvalue weighted by Crippen LogP contribution is 1.86. The summed E-state index contributed by atoms with van der Waals surface area (Å²) in [6.07, 6.45) is 0.913. The maximum atomic E-state index is 5.50. The largest absolute Gasteiger partial charge is 0.382 e. The zero-order chi connectivity index (χ0) is 9.94. The molecule has 80 valence electrons. The summed E-state index contributed by atoms with van der Waals surface area (Å²) in [5.74, 6) is 0. The molecular formula is C9H21NO3. The van der Waals surface area contributed by atoms with Crippen LogP contribution in [0.15, 0.2) is 0 Å². The van der Waals surface area contributed by atoms with Gasteiger partial charge in [-0.1, -0.05) is 0 Å². The van der Waals surface area contributed by atoms with Crippen LogP contribution >= 0.6 is 0 Å². The van der Waals surface area contributed by atoms with Crippen molar-refractivity contribution >= 4 is 0 Å². The standard InChI is InChI=1S/C9H21NO3/c1-9(10)8-13-5-3-4-12-7-6-11-2/h9H,3-8,10H2,1-2H3. The number of ether oxygens (including phenoxy) is 3. The summed E-state index contributed by atoms with van der Waals surface area (Å²) in [7, 11) is 1.66. The van der Waals surface area contributed by atoms with E-state index in [2.05, 4.69) is 0 Å². The highest BCUT2D eigenvalue weighted by atomic mass is 16.5. The van der Waals surface area contributed by atoms with Gasteiger partial charge in [0, 0.05) is 26.4 Å². The lowest BCUT2D eigenvalue weighted by atomic mass is 10.4. The number of nitrogens with two attached hydrogens (primary N) is 1. The van der Waals surface area contributed by atoms with Crippen molar-refractivity contribution in [3.05, 3.63) is 0 Å². The van der Waals surface area contributed by atoms with Gasteiger partial charge in [-0.15, -0.1) is 0 Å². The van der Waals surface area contributed by atoms with Crippen molar-refractivity contribution in [1.82, 2.24) is 0 Å². The minimum Gasteiger partial charge on any atom is -0.382 e. The van der Waals surface area contributed by atoms with Gasteiger partial charge >= 0.3 is 0 Å². The predicted molar refractivity (Wildman–Crippen MR) is 51.8 cm³/mol. The minimum absolute atomic E-state index is 0.120. The molecule has 0 fully saturated rings. The quantitative estimate of drug-likeness (QED) is 0.536. The molecule has 0 spiro atoms. The molecule has 0 aromatic heterocycles. The first-order valence-corrected chi connectivity index (χ1v) is 4.67. The van der Waals surface area contributed by atoms with Crippen LogP contribution in [0.25, 0.3) is 0 Å². The van der Waals surface area contributed by atoms with Crippen LogP contribution in [-0.4, -0.2) is 46.2 Å². The molecule has 0 aromatic rings. The fourth-order valence-corrected chi connectivity index (χ4v) is 0.777. The summed E-state index contributed by atoms with van der Waals surface area (Å²) in [5.41, 5.74) is 5.50. The van der Waals surface area contributed by atoms with E-state index in [-0.39, 0.29) is 6.04 Å². The molecule has 1 unspecified atom stereocenters. The number of methoxy groups -OCH3 is 1. The summed E-state index contributed by atoms with van der Waals surface area (Å²) >= 11 is 0. The van der Waals surface area contributed by atoms with Crippen LogP contribution < -0.4 is 5.73 Å². The Morgan fingerprint density at radius 3 is 2.38 bits per heavy atom. The van der Waals surface area contributed by atoms with E-state index in [1.807, 2.05) is 6.92 Å². The van der Waals surface area contributed by atoms with Crippen molar-refractivity contribution in [3.8, 4) is 0 Å². The maximum absolute atomic E-state index is 5.50. The van der Waals surface area contributed by atoms with Gasteiger partial charge in [0.25, 0.3) is 0 Å². The van der Waals surface area contributed by atoms with Gasteiger partial charge < -0.3 is 19.9 Å². The van der Waals surface area contributed by atoms with Gasteiger partial charge in [0.2, 0.25) is 0 Å². The van der Waals surface area contributed by atoms with E-state index in [1.165, 1.54) is 0 Å². The summed E-state index contributed by atoms with van der Waals surface area (Å²) in [4.78, 5) is 0. The lowest BCUT2D eigenvalue weighted by molar-refractivity contribution is 0.0498.